The van der Waals surface area contributed by atoms with Gasteiger partial charge in [0.1, 0.15) is 10.8 Å². The number of aryl methyl sites for hydroxylation is 3. The largest absolute Gasteiger partial charge is 0.481 e. The number of amides is 1. The van der Waals surface area contributed by atoms with E-state index < -0.39 is 18.0 Å². The van der Waals surface area contributed by atoms with Crippen LogP contribution in [0.2, 0.25) is 5.02 Å². The van der Waals surface area contributed by atoms with Crippen LogP contribution in [0.15, 0.2) is 18.2 Å². The molecule has 0 saturated carbocycles. The molecule has 0 saturated heterocycles. The van der Waals surface area contributed by atoms with Crippen LogP contribution in [-0.4, -0.2) is 30.2 Å². The molecule has 1 aromatic heterocycles. The van der Waals surface area contributed by atoms with E-state index in [4.69, 9.17) is 33.3 Å². The first-order chi connectivity index (χ1) is 13.6. The predicted octanol–water partition coefficient (Wildman–Crippen LogP) is 3.90. The van der Waals surface area contributed by atoms with Gasteiger partial charge in [-0.3, -0.25) is 15.6 Å². The normalized spacial score (nSPS) is 11.4. The molecule has 0 aliphatic carbocycles. The Balaban J connectivity index is 1.92. The number of nitrogens with one attached hydrogen (secondary N) is 3. The van der Waals surface area contributed by atoms with Gasteiger partial charge in [0.25, 0.3) is 5.91 Å². The van der Waals surface area contributed by atoms with Crippen LogP contribution in [0.25, 0.3) is 0 Å². The van der Waals surface area contributed by atoms with Crippen molar-refractivity contribution in [2.75, 3.05) is 12.4 Å². The minimum atomic E-state index is -0.778. The molecule has 156 valence electrons. The molecular weight excluding hydrogens is 434 g/mol. The van der Waals surface area contributed by atoms with Crippen LogP contribution in [0.3, 0.4) is 0 Å². The van der Waals surface area contributed by atoms with Crippen LogP contribution in [-0.2, 0) is 9.53 Å². The molecule has 1 atom stereocenters. The number of carbonyl (C=O) groups is 2. The third kappa shape index (κ3) is 6.06. The Bertz CT molecular complexity index is 923. The summed E-state index contributed by atoms with van der Waals surface area (Å²) < 4.78 is 10.4. The summed E-state index contributed by atoms with van der Waals surface area (Å²) in [6, 6.07) is 5.24. The fraction of sp³-hybridized carbons (Fsp3) is 0.316. The number of benzene rings is 1. The maximum Gasteiger partial charge on any atom is 0.340 e. The molecule has 0 radical (unpaired) electrons. The standard InChI is InChI=1S/C19H22ClN3O4S2/c1-9-6-13(7-10(2)15(9)20)27-12(4)16(24)22-23-19(28)21-17-14(18(25)26-5)8-11(3)29-17/h6-8,12H,1-5H3,(H,22,24)(H2,21,23,28)/t12-/m0/s1. The molecule has 1 aromatic carbocycles. The van der Waals surface area contributed by atoms with E-state index in [1.54, 1.807) is 25.1 Å². The maximum atomic E-state index is 12.3. The van der Waals surface area contributed by atoms with Gasteiger partial charge in [0.15, 0.2) is 11.2 Å². The number of anilines is 1. The van der Waals surface area contributed by atoms with Gasteiger partial charge >= 0.3 is 5.97 Å². The number of ether oxygens (including phenoxy) is 2. The van der Waals surface area contributed by atoms with Gasteiger partial charge in [-0.2, -0.15) is 0 Å². The van der Waals surface area contributed by atoms with E-state index in [2.05, 4.69) is 16.2 Å². The molecule has 1 amide bonds. The van der Waals surface area contributed by atoms with Crippen molar-refractivity contribution in [2.24, 2.45) is 0 Å². The van der Waals surface area contributed by atoms with Crippen molar-refractivity contribution in [3.05, 3.63) is 44.8 Å². The van der Waals surface area contributed by atoms with Crippen LogP contribution in [0.5, 0.6) is 5.75 Å². The second-order valence-electron chi connectivity index (χ2n) is 6.29. The highest BCUT2D eigenvalue weighted by atomic mass is 35.5. The SMILES string of the molecule is COC(=O)c1cc(C)sc1NC(=S)NNC(=O)[C@H](C)Oc1cc(C)c(Cl)c(C)c1. The zero-order valence-corrected chi connectivity index (χ0v) is 19.0. The van der Waals surface area contributed by atoms with E-state index in [9.17, 15) is 9.59 Å². The topological polar surface area (TPSA) is 88.7 Å². The van der Waals surface area contributed by atoms with Gasteiger partial charge in [0.2, 0.25) is 0 Å². The molecule has 0 aliphatic rings. The Hall–Kier alpha value is -2.36. The molecule has 2 aromatic rings. The van der Waals surface area contributed by atoms with Gasteiger partial charge in [0.05, 0.1) is 12.7 Å². The fourth-order valence-corrected chi connectivity index (χ4v) is 3.69. The van der Waals surface area contributed by atoms with E-state index >= 15 is 0 Å². The van der Waals surface area contributed by atoms with Gasteiger partial charge < -0.3 is 14.8 Å². The molecule has 29 heavy (non-hydrogen) atoms. The van der Waals surface area contributed by atoms with Crippen molar-refractivity contribution in [1.82, 2.24) is 10.9 Å². The fourth-order valence-electron chi connectivity index (χ4n) is 2.45. The number of methoxy groups -OCH3 is 1. The predicted molar refractivity (Wildman–Crippen MR) is 119 cm³/mol. The van der Waals surface area contributed by atoms with Crippen molar-refractivity contribution in [2.45, 2.75) is 33.8 Å². The molecule has 0 fully saturated rings. The van der Waals surface area contributed by atoms with Crippen LogP contribution in [0.4, 0.5) is 5.00 Å². The highest BCUT2D eigenvalue weighted by Gasteiger charge is 2.18. The number of hydrogen-bond acceptors (Lipinski definition) is 6. The van der Waals surface area contributed by atoms with Gasteiger partial charge in [-0.1, -0.05) is 11.6 Å². The molecule has 10 heteroatoms. The zero-order valence-electron chi connectivity index (χ0n) is 16.6. The van der Waals surface area contributed by atoms with E-state index in [-0.39, 0.29) is 5.11 Å². The van der Waals surface area contributed by atoms with Crippen molar-refractivity contribution in [1.29, 1.82) is 0 Å². The lowest BCUT2D eigenvalue weighted by Gasteiger charge is -2.17. The summed E-state index contributed by atoms with van der Waals surface area (Å²) in [6.45, 7) is 7.21. The number of hydrogen-bond donors (Lipinski definition) is 3. The molecule has 2 rings (SSSR count). The second-order valence-corrected chi connectivity index (χ2v) is 8.33. The number of carbonyl (C=O) groups excluding carboxylic acids is 2. The molecule has 0 bridgehead atoms. The summed E-state index contributed by atoms with van der Waals surface area (Å²) >= 11 is 12.7. The Labute approximate surface area is 183 Å². The zero-order chi connectivity index (χ0) is 21.7. The van der Waals surface area contributed by atoms with Gasteiger partial charge in [-0.15, -0.1) is 11.3 Å². The molecule has 1 heterocycles. The van der Waals surface area contributed by atoms with Crippen molar-refractivity contribution < 1.29 is 19.1 Å². The first kappa shape index (κ1) is 22.9. The number of rotatable bonds is 5. The quantitative estimate of drug-likeness (QED) is 0.358. The van der Waals surface area contributed by atoms with E-state index in [0.29, 0.717) is 21.3 Å². The average molecular weight is 456 g/mol. The molecule has 7 nitrogen and oxygen atoms in total. The summed E-state index contributed by atoms with van der Waals surface area (Å²) in [6.07, 6.45) is -0.778. The minimum Gasteiger partial charge on any atom is -0.481 e. The Kier molecular flexibility index (Phi) is 7.83. The summed E-state index contributed by atoms with van der Waals surface area (Å²) in [4.78, 5) is 25.0. The Morgan fingerprint density at radius 1 is 1.14 bits per heavy atom. The Morgan fingerprint density at radius 2 is 1.76 bits per heavy atom. The third-order valence-electron chi connectivity index (χ3n) is 3.88. The number of hydrazine groups is 1. The van der Waals surface area contributed by atoms with Crippen molar-refractivity contribution in [3.63, 3.8) is 0 Å². The molecule has 0 spiro atoms. The van der Waals surface area contributed by atoms with Crippen LogP contribution in [0, 0.1) is 20.8 Å². The van der Waals surface area contributed by atoms with E-state index in [0.717, 1.165) is 16.0 Å². The number of halogens is 1. The lowest BCUT2D eigenvalue weighted by atomic mass is 10.1. The van der Waals surface area contributed by atoms with E-state index in [1.165, 1.54) is 18.4 Å². The third-order valence-corrected chi connectivity index (χ3v) is 5.65. The van der Waals surface area contributed by atoms with Crippen LogP contribution >= 0.6 is 35.2 Å². The molecule has 0 aliphatic heterocycles. The van der Waals surface area contributed by atoms with Crippen LogP contribution < -0.4 is 20.9 Å². The van der Waals surface area contributed by atoms with Crippen molar-refractivity contribution >= 4 is 57.1 Å². The smallest absolute Gasteiger partial charge is 0.340 e. The monoisotopic (exact) mass is 455 g/mol. The highest BCUT2D eigenvalue weighted by Crippen LogP contribution is 2.28. The second kappa shape index (κ2) is 9.91. The number of thiocarbonyl (C=S) groups is 1. The molecular formula is C19H22ClN3O4S2. The summed E-state index contributed by atoms with van der Waals surface area (Å²) in [7, 11) is 1.31. The minimum absolute atomic E-state index is 0.121. The molecule has 0 unspecified atom stereocenters. The van der Waals surface area contributed by atoms with Gasteiger partial charge in [0, 0.05) is 9.90 Å². The van der Waals surface area contributed by atoms with Gasteiger partial charge in [-0.25, -0.2) is 4.79 Å². The van der Waals surface area contributed by atoms with Gasteiger partial charge in [-0.05, 0) is 69.2 Å². The number of esters is 1. The highest BCUT2D eigenvalue weighted by molar-refractivity contribution is 7.80. The Morgan fingerprint density at radius 3 is 2.34 bits per heavy atom. The first-order valence-corrected chi connectivity index (χ1v) is 10.2. The average Bonchev–Trinajstić information content (AvgIpc) is 3.03. The summed E-state index contributed by atoms with van der Waals surface area (Å²) in [5.74, 6) is -0.348. The van der Waals surface area contributed by atoms with E-state index in [1.807, 2.05) is 20.8 Å². The lowest BCUT2D eigenvalue weighted by molar-refractivity contribution is -0.127. The van der Waals surface area contributed by atoms with Crippen molar-refractivity contribution in [3.8, 4) is 5.75 Å². The van der Waals surface area contributed by atoms with Crippen LogP contribution in [0.1, 0.15) is 33.3 Å². The lowest BCUT2D eigenvalue weighted by Crippen LogP contribution is -2.48. The molecule has 3 N–H and O–H groups in total. The first-order valence-electron chi connectivity index (χ1n) is 8.61. The number of thiophene rings is 1. The maximum absolute atomic E-state index is 12.3. The summed E-state index contributed by atoms with van der Waals surface area (Å²) in [5.41, 5.74) is 7.18. The summed E-state index contributed by atoms with van der Waals surface area (Å²) in [5, 5.41) is 4.20.